The number of anilines is 1. The fourth-order valence-corrected chi connectivity index (χ4v) is 2.08. The number of nitrogens with zero attached hydrogens (tertiary/aromatic N) is 1. The van der Waals surface area contributed by atoms with Crippen molar-refractivity contribution in [3.63, 3.8) is 0 Å². The Morgan fingerprint density at radius 1 is 1.30 bits per heavy atom. The van der Waals surface area contributed by atoms with Crippen LogP contribution >= 0.6 is 27.5 Å². The maximum atomic E-state index is 12.0. The molecule has 0 amide bonds. The number of halogens is 3. The van der Waals surface area contributed by atoms with Gasteiger partial charge in [0.1, 0.15) is 6.20 Å². The predicted molar refractivity (Wildman–Crippen MR) is 79.9 cm³/mol. The molecule has 0 bridgehead atoms. The molecule has 0 aliphatic carbocycles. The van der Waals surface area contributed by atoms with E-state index >= 15 is 0 Å². The number of nitrogen functional groups attached to an aromatic ring is 1. The van der Waals surface area contributed by atoms with Gasteiger partial charge in [-0.1, -0.05) is 39.7 Å². The van der Waals surface area contributed by atoms with Crippen LogP contribution in [0.15, 0.2) is 53.1 Å². The Morgan fingerprint density at radius 3 is 2.75 bits per heavy atom. The van der Waals surface area contributed by atoms with Crippen LogP contribution < -0.4 is 22.7 Å². The Labute approximate surface area is 136 Å². The van der Waals surface area contributed by atoms with E-state index in [1.165, 1.54) is 6.08 Å². The molecular weight excluding hydrogens is 363 g/mol. The lowest BCUT2D eigenvalue weighted by molar-refractivity contribution is -0.552. The number of aromatic nitrogens is 1. The third-order valence-corrected chi connectivity index (χ3v) is 3.19. The molecule has 0 aliphatic rings. The molecule has 0 spiro atoms. The van der Waals surface area contributed by atoms with E-state index in [9.17, 15) is 4.79 Å². The van der Waals surface area contributed by atoms with Crippen LogP contribution in [0, 0.1) is 0 Å². The Morgan fingerprint density at radius 2 is 2.05 bits per heavy atom. The second-order valence-electron chi connectivity index (χ2n) is 3.87. The molecule has 0 unspecified atom stereocenters. The van der Waals surface area contributed by atoms with Gasteiger partial charge in [0.2, 0.25) is 0 Å². The summed E-state index contributed by atoms with van der Waals surface area (Å²) in [5.74, 6) is 0.399. The zero-order valence-electron chi connectivity index (χ0n) is 10.3. The van der Waals surface area contributed by atoms with Crippen LogP contribution in [-0.4, -0.2) is 5.78 Å². The van der Waals surface area contributed by atoms with Crippen LogP contribution in [0.4, 0.5) is 5.82 Å². The van der Waals surface area contributed by atoms with Crippen LogP contribution in [0.5, 0.6) is 0 Å². The summed E-state index contributed by atoms with van der Waals surface area (Å²) < 4.78 is 2.46. The largest absolute Gasteiger partial charge is 1.00 e. The van der Waals surface area contributed by atoms with Crippen molar-refractivity contribution in [3.05, 3.63) is 63.7 Å². The van der Waals surface area contributed by atoms with E-state index in [2.05, 4.69) is 15.9 Å². The number of carbonyl (C=O) groups is 1. The fraction of sp³-hybridized carbons (Fsp3) is 0. The van der Waals surface area contributed by atoms with Gasteiger partial charge >= 0.3 is 0 Å². The smallest absolute Gasteiger partial charge is 0.277 e. The summed E-state index contributed by atoms with van der Waals surface area (Å²) in [7, 11) is 0. The molecule has 6 heteroatoms. The second kappa shape index (κ2) is 7.43. The van der Waals surface area contributed by atoms with E-state index in [0.29, 0.717) is 16.4 Å². The number of nitrogens with two attached hydrogens (primary N) is 1. The van der Waals surface area contributed by atoms with Crippen LogP contribution in [0.2, 0.25) is 5.02 Å². The summed E-state index contributed by atoms with van der Waals surface area (Å²) in [5, 5.41) is 0.550. The van der Waals surface area contributed by atoms with Gasteiger partial charge in [0, 0.05) is 22.2 Å². The van der Waals surface area contributed by atoms with Gasteiger partial charge in [0.15, 0.2) is 5.78 Å². The summed E-state index contributed by atoms with van der Waals surface area (Å²) in [6, 6.07) is 10.6. The van der Waals surface area contributed by atoms with Crippen molar-refractivity contribution < 1.29 is 21.8 Å². The standard InChI is InChI=1S/C14H10BrClN2O.ClH/c15-11-3-1-2-10(8-11)13(19)6-7-18-9-12(16)4-5-14(18)17;/h1-9,17H;1H/b7-6+;. The summed E-state index contributed by atoms with van der Waals surface area (Å²) in [6.07, 6.45) is 4.68. The maximum absolute atomic E-state index is 12.0. The van der Waals surface area contributed by atoms with E-state index < -0.39 is 0 Å². The molecule has 0 radical (unpaired) electrons. The normalized spacial score (nSPS) is 10.3. The topological polar surface area (TPSA) is 47.0 Å². The van der Waals surface area contributed by atoms with Crippen molar-refractivity contribution in [1.29, 1.82) is 0 Å². The minimum absolute atomic E-state index is 0. The number of rotatable bonds is 3. The quantitative estimate of drug-likeness (QED) is 0.479. The average Bonchev–Trinajstić information content (AvgIpc) is 2.39. The van der Waals surface area contributed by atoms with Crippen molar-refractivity contribution in [2.24, 2.45) is 0 Å². The average molecular weight is 374 g/mol. The van der Waals surface area contributed by atoms with Crippen molar-refractivity contribution in [2.75, 3.05) is 5.73 Å². The van der Waals surface area contributed by atoms with Gasteiger partial charge in [-0.25, -0.2) is 4.57 Å². The number of allylic oxidation sites excluding steroid dienone is 1. The summed E-state index contributed by atoms with van der Waals surface area (Å²) >= 11 is 9.20. The first-order valence-electron chi connectivity index (χ1n) is 5.50. The number of hydrogen-bond donors (Lipinski definition) is 1. The molecule has 0 atom stereocenters. The van der Waals surface area contributed by atoms with E-state index in [1.54, 1.807) is 41.2 Å². The Bertz CT molecular complexity index is 659. The van der Waals surface area contributed by atoms with Crippen LogP contribution in [0.3, 0.4) is 0 Å². The third-order valence-electron chi connectivity index (χ3n) is 2.47. The minimum Gasteiger partial charge on any atom is -1.00 e. The van der Waals surface area contributed by atoms with Gasteiger partial charge in [-0.3, -0.25) is 10.5 Å². The second-order valence-corrected chi connectivity index (χ2v) is 5.22. The third kappa shape index (κ3) is 4.34. The van der Waals surface area contributed by atoms with Gasteiger partial charge in [-0.05, 0) is 18.2 Å². The van der Waals surface area contributed by atoms with Gasteiger partial charge in [-0.2, -0.15) is 0 Å². The molecule has 1 heterocycles. The molecule has 1 aromatic heterocycles. The molecule has 2 aromatic rings. The van der Waals surface area contributed by atoms with Gasteiger partial charge in [0.05, 0.1) is 11.2 Å². The van der Waals surface area contributed by atoms with E-state index in [1.807, 2.05) is 12.1 Å². The van der Waals surface area contributed by atoms with E-state index in [4.69, 9.17) is 17.3 Å². The lowest BCUT2D eigenvalue weighted by Gasteiger charge is -1.98. The summed E-state index contributed by atoms with van der Waals surface area (Å²) in [4.78, 5) is 12.0. The molecule has 2 rings (SSSR count). The number of pyridine rings is 1. The lowest BCUT2D eigenvalue weighted by Crippen LogP contribution is -3.00. The first-order chi connectivity index (χ1) is 9.06. The van der Waals surface area contributed by atoms with Gasteiger partial charge in [-0.15, -0.1) is 0 Å². The molecule has 0 aliphatic heterocycles. The highest BCUT2D eigenvalue weighted by Gasteiger charge is 2.05. The number of hydrogen-bond acceptors (Lipinski definition) is 2. The number of benzene rings is 1. The molecule has 104 valence electrons. The van der Waals surface area contributed by atoms with Crippen LogP contribution in [0.1, 0.15) is 10.4 Å². The summed E-state index contributed by atoms with van der Waals surface area (Å²) in [5.41, 5.74) is 6.38. The zero-order chi connectivity index (χ0) is 13.8. The van der Waals surface area contributed by atoms with Crippen molar-refractivity contribution in [2.45, 2.75) is 0 Å². The molecule has 2 N–H and O–H groups in total. The van der Waals surface area contributed by atoms with Crippen LogP contribution in [0.25, 0.3) is 6.20 Å². The molecule has 3 nitrogen and oxygen atoms in total. The SMILES string of the molecule is Nc1ccc(Cl)c[n+]1/C=C/C(=O)c1cccc(Br)c1.[Cl-]. The molecule has 20 heavy (non-hydrogen) atoms. The highest BCUT2D eigenvalue weighted by Crippen LogP contribution is 2.12. The highest BCUT2D eigenvalue weighted by atomic mass is 79.9. The number of ketones is 1. The fourth-order valence-electron chi connectivity index (χ4n) is 1.52. The highest BCUT2D eigenvalue weighted by molar-refractivity contribution is 9.10. The summed E-state index contributed by atoms with van der Waals surface area (Å²) in [6.45, 7) is 0. The van der Waals surface area contributed by atoms with Gasteiger partial charge < -0.3 is 12.4 Å². The first-order valence-corrected chi connectivity index (χ1v) is 6.67. The van der Waals surface area contributed by atoms with Crippen molar-refractivity contribution >= 4 is 45.3 Å². The Balaban J connectivity index is 0.00000200. The molecule has 0 saturated heterocycles. The lowest BCUT2D eigenvalue weighted by atomic mass is 10.1. The molecule has 1 aromatic carbocycles. The van der Waals surface area contributed by atoms with Crippen molar-refractivity contribution in [1.82, 2.24) is 0 Å². The first kappa shape index (κ1) is 16.7. The molecule has 0 fully saturated rings. The minimum atomic E-state index is -0.104. The maximum Gasteiger partial charge on any atom is 0.277 e. The number of carbonyl (C=O) groups excluding carboxylic acids is 1. The Hall–Kier alpha value is -1.36. The van der Waals surface area contributed by atoms with E-state index in [-0.39, 0.29) is 18.2 Å². The molecule has 0 saturated carbocycles. The van der Waals surface area contributed by atoms with Crippen molar-refractivity contribution in [3.8, 4) is 0 Å². The van der Waals surface area contributed by atoms with E-state index in [0.717, 1.165) is 4.47 Å². The van der Waals surface area contributed by atoms with Crippen LogP contribution in [-0.2, 0) is 0 Å². The monoisotopic (exact) mass is 372 g/mol. The Kier molecular flexibility index (Phi) is 6.20. The predicted octanol–water partition coefficient (Wildman–Crippen LogP) is 0.330. The van der Waals surface area contributed by atoms with Gasteiger partial charge in [0.25, 0.3) is 5.82 Å². The molecular formula is C14H11BrCl2N2O. The zero-order valence-corrected chi connectivity index (χ0v) is 13.4.